The van der Waals surface area contributed by atoms with Crippen molar-refractivity contribution in [3.05, 3.63) is 0 Å². The Hall–Kier alpha value is -1.63. The Morgan fingerprint density at radius 1 is 1.29 bits per heavy atom. The van der Waals surface area contributed by atoms with Gasteiger partial charge in [-0.1, -0.05) is 20.8 Å². The minimum atomic E-state index is -0.843. The van der Waals surface area contributed by atoms with Gasteiger partial charge in [0.2, 0.25) is 5.91 Å². The summed E-state index contributed by atoms with van der Waals surface area (Å²) >= 11 is 0. The van der Waals surface area contributed by atoms with Crippen LogP contribution < -0.4 is 16.0 Å². The van der Waals surface area contributed by atoms with Gasteiger partial charge in [0.1, 0.15) is 12.1 Å². The van der Waals surface area contributed by atoms with Crippen molar-refractivity contribution >= 4 is 17.8 Å². The minimum Gasteiger partial charge on any atom is -0.354 e. The van der Waals surface area contributed by atoms with Gasteiger partial charge in [0.05, 0.1) is 0 Å². The molecule has 1 saturated heterocycles. The smallest absolute Gasteiger partial charge is 0.325 e. The third kappa shape index (κ3) is 4.06. The van der Waals surface area contributed by atoms with Gasteiger partial charge < -0.3 is 16.0 Å². The first kappa shape index (κ1) is 18.7. The van der Waals surface area contributed by atoms with E-state index in [2.05, 4.69) is 36.7 Å². The Kier molecular flexibility index (Phi) is 5.52. The van der Waals surface area contributed by atoms with Crippen LogP contribution in [-0.2, 0) is 9.59 Å². The van der Waals surface area contributed by atoms with Gasteiger partial charge in [-0.25, -0.2) is 4.79 Å². The molecular weight excluding hydrogens is 308 g/mol. The summed E-state index contributed by atoms with van der Waals surface area (Å²) in [4.78, 5) is 38.3. The standard InChI is InChI=1S/C17H30N4O3/c1-12-8-16(2,3)11-17(9-12)14(23)21(15(24)20-17)10-13(22)19-7-5-6-18-4/h12,18H,5-11H2,1-4H3,(H,19,22)(H,20,24). The van der Waals surface area contributed by atoms with Crippen molar-refractivity contribution in [2.24, 2.45) is 11.3 Å². The maximum atomic E-state index is 12.9. The SMILES string of the molecule is CNCCCNC(=O)CN1C(=O)NC2(CC(C)CC(C)(C)C2)C1=O. The van der Waals surface area contributed by atoms with E-state index in [0.717, 1.165) is 24.3 Å². The molecule has 4 amide bonds. The zero-order valence-corrected chi connectivity index (χ0v) is 15.2. The number of rotatable bonds is 6. The van der Waals surface area contributed by atoms with E-state index in [1.807, 2.05) is 7.05 Å². The lowest BCUT2D eigenvalue weighted by Crippen LogP contribution is -2.54. The van der Waals surface area contributed by atoms with Crippen molar-refractivity contribution < 1.29 is 14.4 Å². The lowest BCUT2D eigenvalue weighted by molar-refractivity contribution is -0.137. The van der Waals surface area contributed by atoms with Crippen LogP contribution in [0.15, 0.2) is 0 Å². The highest BCUT2D eigenvalue weighted by molar-refractivity contribution is 6.09. The van der Waals surface area contributed by atoms with Crippen molar-refractivity contribution in [1.82, 2.24) is 20.9 Å². The molecule has 136 valence electrons. The number of urea groups is 1. The summed E-state index contributed by atoms with van der Waals surface area (Å²) in [7, 11) is 1.85. The summed E-state index contributed by atoms with van der Waals surface area (Å²) in [5.41, 5.74) is -0.851. The minimum absolute atomic E-state index is 0.00791. The Labute approximate surface area is 143 Å². The molecule has 1 heterocycles. The third-order valence-corrected chi connectivity index (χ3v) is 4.85. The van der Waals surface area contributed by atoms with Gasteiger partial charge in [0.25, 0.3) is 5.91 Å². The van der Waals surface area contributed by atoms with E-state index in [1.165, 1.54) is 0 Å². The third-order valence-electron chi connectivity index (χ3n) is 4.85. The van der Waals surface area contributed by atoms with Crippen molar-refractivity contribution in [3.63, 3.8) is 0 Å². The van der Waals surface area contributed by atoms with Crippen molar-refractivity contribution in [3.8, 4) is 0 Å². The number of amides is 4. The first-order valence-electron chi connectivity index (χ1n) is 8.74. The van der Waals surface area contributed by atoms with Crippen LogP contribution in [-0.4, -0.2) is 55.0 Å². The highest BCUT2D eigenvalue weighted by Crippen LogP contribution is 2.46. The van der Waals surface area contributed by atoms with Crippen LogP contribution in [0.5, 0.6) is 0 Å². The summed E-state index contributed by atoms with van der Waals surface area (Å²) in [6.45, 7) is 7.49. The topological polar surface area (TPSA) is 90.5 Å². The number of carbonyl (C=O) groups excluding carboxylic acids is 3. The zero-order chi connectivity index (χ0) is 18.0. The van der Waals surface area contributed by atoms with E-state index < -0.39 is 11.6 Å². The maximum Gasteiger partial charge on any atom is 0.325 e. The van der Waals surface area contributed by atoms with E-state index in [1.54, 1.807) is 0 Å². The molecule has 2 rings (SSSR count). The Balaban J connectivity index is 2.00. The molecule has 0 aromatic carbocycles. The summed E-state index contributed by atoms with van der Waals surface area (Å²) in [6, 6.07) is -0.449. The molecule has 1 aliphatic heterocycles. The Morgan fingerprint density at radius 3 is 2.62 bits per heavy atom. The van der Waals surface area contributed by atoms with Crippen molar-refractivity contribution in [2.45, 2.75) is 52.0 Å². The molecule has 1 aliphatic carbocycles. The number of hydrogen-bond acceptors (Lipinski definition) is 4. The first-order chi connectivity index (χ1) is 11.2. The second-order valence-corrected chi connectivity index (χ2v) is 8.07. The number of carbonyl (C=O) groups is 3. The van der Waals surface area contributed by atoms with Crippen LogP contribution in [0.4, 0.5) is 4.79 Å². The molecule has 0 aromatic heterocycles. The molecule has 24 heavy (non-hydrogen) atoms. The zero-order valence-electron chi connectivity index (χ0n) is 15.2. The van der Waals surface area contributed by atoms with Crippen molar-refractivity contribution in [1.29, 1.82) is 0 Å². The van der Waals surface area contributed by atoms with Gasteiger partial charge >= 0.3 is 6.03 Å². The lowest BCUT2D eigenvalue weighted by atomic mass is 9.64. The number of imide groups is 1. The summed E-state index contributed by atoms with van der Waals surface area (Å²) in [6.07, 6.45) is 3.10. The predicted octanol–water partition coefficient (Wildman–Crippen LogP) is 0.849. The molecule has 7 heteroatoms. The normalized spacial score (nSPS) is 29.0. The number of nitrogens with one attached hydrogen (secondary N) is 3. The number of hydrogen-bond donors (Lipinski definition) is 3. The van der Waals surface area contributed by atoms with Crippen LogP contribution in [0.1, 0.15) is 46.5 Å². The molecule has 2 unspecified atom stereocenters. The molecule has 2 aliphatic rings. The lowest BCUT2D eigenvalue weighted by Gasteiger charge is -2.43. The summed E-state index contributed by atoms with van der Waals surface area (Å²) in [5, 5.41) is 8.63. The van der Waals surface area contributed by atoms with Gasteiger partial charge in [0.15, 0.2) is 0 Å². The Bertz CT molecular complexity index is 520. The molecule has 0 bridgehead atoms. The Morgan fingerprint density at radius 2 is 2.00 bits per heavy atom. The average Bonchev–Trinajstić information content (AvgIpc) is 2.65. The van der Waals surface area contributed by atoms with E-state index in [9.17, 15) is 14.4 Å². The predicted molar refractivity (Wildman–Crippen MR) is 91.3 cm³/mol. The van der Waals surface area contributed by atoms with Crippen LogP contribution in [0, 0.1) is 11.3 Å². The second kappa shape index (κ2) is 7.09. The second-order valence-electron chi connectivity index (χ2n) is 8.07. The quantitative estimate of drug-likeness (QED) is 0.495. The van der Waals surface area contributed by atoms with Crippen molar-refractivity contribution in [2.75, 3.05) is 26.7 Å². The average molecular weight is 338 g/mol. The van der Waals surface area contributed by atoms with E-state index in [-0.39, 0.29) is 23.8 Å². The molecule has 7 nitrogen and oxygen atoms in total. The maximum absolute atomic E-state index is 12.9. The van der Waals surface area contributed by atoms with Gasteiger partial charge in [-0.2, -0.15) is 0 Å². The molecule has 3 N–H and O–H groups in total. The van der Waals surface area contributed by atoms with Gasteiger partial charge in [0, 0.05) is 6.54 Å². The molecule has 0 radical (unpaired) electrons. The molecular formula is C17H30N4O3. The molecule has 1 saturated carbocycles. The van der Waals surface area contributed by atoms with Gasteiger partial charge in [-0.15, -0.1) is 0 Å². The number of nitrogens with zero attached hydrogens (tertiary/aromatic N) is 1. The van der Waals surface area contributed by atoms with Crippen LogP contribution in [0.3, 0.4) is 0 Å². The van der Waals surface area contributed by atoms with E-state index >= 15 is 0 Å². The van der Waals surface area contributed by atoms with Crippen LogP contribution in [0.25, 0.3) is 0 Å². The molecule has 0 aromatic rings. The largest absolute Gasteiger partial charge is 0.354 e. The van der Waals surface area contributed by atoms with Gasteiger partial charge in [-0.05, 0) is 50.6 Å². The monoisotopic (exact) mass is 338 g/mol. The van der Waals surface area contributed by atoms with E-state index in [0.29, 0.717) is 25.3 Å². The van der Waals surface area contributed by atoms with E-state index in [4.69, 9.17) is 0 Å². The molecule has 2 fully saturated rings. The summed E-state index contributed by atoms with van der Waals surface area (Å²) in [5.74, 6) is -0.194. The fourth-order valence-corrected chi connectivity index (χ4v) is 4.34. The summed E-state index contributed by atoms with van der Waals surface area (Å²) < 4.78 is 0. The van der Waals surface area contributed by atoms with Crippen LogP contribution >= 0.6 is 0 Å². The first-order valence-corrected chi connectivity index (χ1v) is 8.74. The molecule has 1 spiro atoms. The van der Waals surface area contributed by atoms with Gasteiger partial charge in [-0.3, -0.25) is 14.5 Å². The fourth-order valence-electron chi connectivity index (χ4n) is 4.34. The van der Waals surface area contributed by atoms with Crippen LogP contribution in [0.2, 0.25) is 0 Å². The highest BCUT2D eigenvalue weighted by atomic mass is 16.2. The molecule has 2 atom stereocenters. The highest BCUT2D eigenvalue weighted by Gasteiger charge is 2.56. The fraction of sp³-hybridized carbons (Fsp3) is 0.824.